The predicted molar refractivity (Wildman–Crippen MR) is 159 cm³/mol. The number of aliphatic imine (C=N–C) groups is 1. The van der Waals surface area contributed by atoms with Crippen LogP contribution in [0, 0.1) is 6.92 Å². The van der Waals surface area contributed by atoms with Gasteiger partial charge in [0.15, 0.2) is 11.5 Å². The van der Waals surface area contributed by atoms with Gasteiger partial charge in [0.05, 0.1) is 40.7 Å². The summed E-state index contributed by atoms with van der Waals surface area (Å²) in [4.78, 5) is 16.1. The van der Waals surface area contributed by atoms with Gasteiger partial charge in [-0.15, -0.1) is 0 Å². The second kappa shape index (κ2) is 13.0. The van der Waals surface area contributed by atoms with Crippen molar-refractivity contribution in [2.24, 2.45) is 4.99 Å². The van der Waals surface area contributed by atoms with Crippen LogP contribution in [0.25, 0.3) is 0 Å². The van der Waals surface area contributed by atoms with Gasteiger partial charge in [-0.1, -0.05) is 6.07 Å². The van der Waals surface area contributed by atoms with E-state index in [0.29, 0.717) is 34.6 Å². The van der Waals surface area contributed by atoms with Crippen LogP contribution in [0.3, 0.4) is 0 Å². The van der Waals surface area contributed by atoms with Gasteiger partial charge in [0.25, 0.3) is 5.88 Å². The molecule has 10 nitrogen and oxygen atoms in total. The minimum absolute atomic E-state index is 0.265. The van der Waals surface area contributed by atoms with Crippen molar-refractivity contribution >= 4 is 29.2 Å². The normalized spacial score (nSPS) is 13.2. The topological polar surface area (TPSA) is 99.6 Å². The van der Waals surface area contributed by atoms with Crippen LogP contribution in [0.5, 0.6) is 28.9 Å². The first-order chi connectivity index (χ1) is 20.0. The second-order valence-corrected chi connectivity index (χ2v) is 9.32. The van der Waals surface area contributed by atoms with Crippen molar-refractivity contribution in [2.75, 3.05) is 57.8 Å². The number of benzene rings is 3. The van der Waals surface area contributed by atoms with Crippen molar-refractivity contribution in [1.82, 2.24) is 9.97 Å². The van der Waals surface area contributed by atoms with Crippen molar-refractivity contribution in [3.63, 3.8) is 0 Å². The van der Waals surface area contributed by atoms with Gasteiger partial charge in [0, 0.05) is 42.3 Å². The Hall–Kier alpha value is -4.83. The summed E-state index contributed by atoms with van der Waals surface area (Å²) in [5.41, 5.74) is 4.25. The number of methoxy groups -OCH3 is 3. The molecular weight excluding hydrogens is 522 g/mol. The zero-order valence-corrected chi connectivity index (χ0v) is 23.6. The number of morpholine rings is 1. The van der Waals surface area contributed by atoms with Gasteiger partial charge in [0.1, 0.15) is 17.2 Å². The minimum atomic E-state index is 0.265. The number of rotatable bonds is 10. The van der Waals surface area contributed by atoms with Crippen molar-refractivity contribution in [3.05, 3.63) is 78.0 Å². The molecule has 1 fully saturated rings. The molecule has 1 N–H and O–H groups in total. The van der Waals surface area contributed by atoms with Gasteiger partial charge < -0.3 is 33.9 Å². The van der Waals surface area contributed by atoms with E-state index in [0.717, 1.165) is 48.8 Å². The summed E-state index contributed by atoms with van der Waals surface area (Å²) >= 11 is 0. The standard InChI is InChI=1S/C31H33N5O5/c1-21-5-10-28(29(15-21)39-4)41-30-27(32-19-22-16-25(37-2)18-26(17-22)38-3)20-33-31(35-30)34-23-6-8-24(9-7-23)36-11-13-40-14-12-36/h5-10,15-20H,11-14H2,1-4H3,(H,33,34,35). The number of hydrogen-bond acceptors (Lipinski definition) is 10. The first-order valence-electron chi connectivity index (χ1n) is 13.2. The van der Waals surface area contributed by atoms with Crippen LogP contribution in [0.1, 0.15) is 11.1 Å². The molecule has 0 amide bonds. The first-order valence-corrected chi connectivity index (χ1v) is 13.2. The third kappa shape index (κ3) is 7.03. The molecule has 2 heterocycles. The van der Waals surface area contributed by atoms with Crippen LogP contribution >= 0.6 is 0 Å². The van der Waals surface area contributed by atoms with Crippen LogP contribution in [-0.4, -0.2) is 63.8 Å². The summed E-state index contributed by atoms with van der Waals surface area (Å²) in [5.74, 6) is 3.04. The Balaban J connectivity index is 1.43. The maximum atomic E-state index is 6.24. The number of nitrogens with zero attached hydrogens (tertiary/aromatic N) is 4. The fraction of sp³-hybridized carbons (Fsp3) is 0.258. The summed E-state index contributed by atoms with van der Waals surface area (Å²) in [5, 5.41) is 3.27. The monoisotopic (exact) mass is 555 g/mol. The third-order valence-electron chi connectivity index (χ3n) is 6.49. The van der Waals surface area contributed by atoms with Crippen LogP contribution < -0.4 is 29.2 Å². The molecule has 0 bridgehead atoms. The average Bonchev–Trinajstić information content (AvgIpc) is 3.02. The summed E-state index contributed by atoms with van der Waals surface area (Å²) < 4.78 is 28.0. The van der Waals surface area contributed by atoms with Crippen LogP contribution in [-0.2, 0) is 4.74 Å². The molecular formula is C31H33N5O5. The molecule has 212 valence electrons. The fourth-order valence-corrected chi connectivity index (χ4v) is 4.30. The highest BCUT2D eigenvalue weighted by molar-refractivity contribution is 5.84. The second-order valence-electron chi connectivity index (χ2n) is 9.32. The molecule has 1 saturated heterocycles. The van der Waals surface area contributed by atoms with Crippen LogP contribution in [0.2, 0.25) is 0 Å². The van der Waals surface area contributed by atoms with Crippen LogP contribution in [0.4, 0.5) is 23.0 Å². The van der Waals surface area contributed by atoms with Crippen molar-refractivity contribution < 1.29 is 23.7 Å². The Morgan fingerprint density at radius 3 is 2.29 bits per heavy atom. The zero-order chi connectivity index (χ0) is 28.6. The van der Waals surface area contributed by atoms with E-state index in [4.69, 9.17) is 23.7 Å². The van der Waals surface area contributed by atoms with E-state index in [1.165, 1.54) is 0 Å². The average molecular weight is 556 g/mol. The lowest BCUT2D eigenvalue weighted by atomic mass is 10.2. The Kier molecular flexibility index (Phi) is 8.80. The molecule has 0 atom stereocenters. The van der Waals surface area contributed by atoms with Gasteiger partial charge in [-0.05, 0) is 61.0 Å². The van der Waals surface area contributed by atoms with E-state index in [1.54, 1.807) is 39.8 Å². The quantitative estimate of drug-likeness (QED) is 0.239. The van der Waals surface area contributed by atoms with E-state index in [-0.39, 0.29) is 5.88 Å². The zero-order valence-electron chi connectivity index (χ0n) is 23.6. The highest BCUT2D eigenvalue weighted by Gasteiger charge is 2.14. The number of aryl methyl sites for hydroxylation is 1. The fourth-order valence-electron chi connectivity index (χ4n) is 4.30. The smallest absolute Gasteiger partial charge is 0.250 e. The molecule has 41 heavy (non-hydrogen) atoms. The van der Waals surface area contributed by atoms with Crippen molar-refractivity contribution in [3.8, 4) is 28.9 Å². The summed E-state index contributed by atoms with van der Waals surface area (Å²) in [7, 11) is 4.81. The SMILES string of the molecule is COc1cc(C=Nc2cnc(Nc3ccc(N4CCOCC4)cc3)nc2Oc2ccc(C)cc2OC)cc(OC)c1. The minimum Gasteiger partial charge on any atom is -0.497 e. The highest BCUT2D eigenvalue weighted by Crippen LogP contribution is 2.36. The molecule has 0 unspecified atom stereocenters. The van der Waals surface area contributed by atoms with E-state index in [1.807, 2.05) is 49.4 Å². The molecule has 3 aromatic carbocycles. The number of aromatic nitrogens is 2. The maximum absolute atomic E-state index is 6.24. The number of ether oxygens (including phenoxy) is 5. The first kappa shape index (κ1) is 27.7. The lowest BCUT2D eigenvalue weighted by molar-refractivity contribution is 0.122. The maximum Gasteiger partial charge on any atom is 0.250 e. The number of anilines is 3. The van der Waals surface area contributed by atoms with Gasteiger partial charge in [-0.25, -0.2) is 9.98 Å². The van der Waals surface area contributed by atoms with E-state index in [2.05, 4.69) is 37.3 Å². The van der Waals surface area contributed by atoms with Crippen molar-refractivity contribution in [2.45, 2.75) is 6.92 Å². The molecule has 0 aliphatic carbocycles. The van der Waals surface area contributed by atoms with Gasteiger partial charge in [-0.2, -0.15) is 4.98 Å². The van der Waals surface area contributed by atoms with E-state index < -0.39 is 0 Å². The Bertz CT molecular complexity index is 1480. The van der Waals surface area contributed by atoms with Gasteiger partial charge in [-0.3, -0.25) is 0 Å². The van der Waals surface area contributed by atoms with Crippen molar-refractivity contribution in [1.29, 1.82) is 0 Å². The number of hydrogen-bond donors (Lipinski definition) is 1. The largest absolute Gasteiger partial charge is 0.497 e. The molecule has 1 aliphatic rings. The lowest BCUT2D eigenvalue weighted by Gasteiger charge is -2.28. The molecule has 0 radical (unpaired) electrons. The van der Waals surface area contributed by atoms with E-state index in [9.17, 15) is 0 Å². The summed E-state index contributed by atoms with van der Waals surface area (Å²) in [6, 6.07) is 19.3. The molecule has 0 saturated carbocycles. The molecule has 4 aromatic rings. The Labute approximate surface area is 239 Å². The summed E-state index contributed by atoms with van der Waals surface area (Å²) in [6.07, 6.45) is 3.29. The third-order valence-corrected chi connectivity index (χ3v) is 6.49. The molecule has 5 rings (SSSR count). The predicted octanol–water partition coefficient (Wildman–Crippen LogP) is 5.93. The Morgan fingerprint density at radius 2 is 1.61 bits per heavy atom. The molecule has 0 spiro atoms. The van der Waals surface area contributed by atoms with Gasteiger partial charge >= 0.3 is 0 Å². The van der Waals surface area contributed by atoms with Crippen LogP contribution in [0.15, 0.2) is 71.9 Å². The molecule has 1 aromatic heterocycles. The van der Waals surface area contributed by atoms with E-state index >= 15 is 0 Å². The Morgan fingerprint density at radius 1 is 0.878 bits per heavy atom. The van der Waals surface area contributed by atoms with Gasteiger partial charge in [0.2, 0.25) is 5.95 Å². The molecule has 10 heteroatoms. The summed E-state index contributed by atoms with van der Waals surface area (Å²) in [6.45, 7) is 5.22. The molecule has 1 aliphatic heterocycles. The number of nitrogens with one attached hydrogen (secondary N) is 1. The highest BCUT2D eigenvalue weighted by atomic mass is 16.5. The lowest BCUT2D eigenvalue weighted by Crippen LogP contribution is -2.36.